The van der Waals surface area contributed by atoms with E-state index >= 15 is 0 Å². The second kappa shape index (κ2) is 6.87. The van der Waals surface area contributed by atoms with Crippen molar-refractivity contribution in [1.29, 1.82) is 0 Å². The Bertz CT molecular complexity index is 701. The smallest absolute Gasteiger partial charge is 0.305 e. The number of para-hydroxylation sites is 1. The summed E-state index contributed by atoms with van der Waals surface area (Å²) in [4.78, 5) is 4.10. The van der Waals surface area contributed by atoms with Crippen molar-refractivity contribution in [2.45, 2.75) is 6.54 Å². The highest BCUT2D eigenvalue weighted by Gasteiger charge is 2.09. The van der Waals surface area contributed by atoms with Crippen LogP contribution in [0.1, 0.15) is 5.56 Å². The molecule has 0 radical (unpaired) electrons. The van der Waals surface area contributed by atoms with Crippen LogP contribution in [0.4, 0.5) is 0 Å². The summed E-state index contributed by atoms with van der Waals surface area (Å²) in [5.41, 5.74) is 0.919. The minimum Gasteiger partial charge on any atom is -0.425 e. The molecule has 110 valence electrons. The van der Waals surface area contributed by atoms with Crippen molar-refractivity contribution in [3.63, 3.8) is 0 Å². The van der Waals surface area contributed by atoms with Gasteiger partial charge in [0.25, 0.3) is 10.2 Å². The van der Waals surface area contributed by atoms with Crippen molar-refractivity contribution in [2.24, 2.45) is 10.1 Å². The summed E-state index contributed by atoms with van der Waals surface area (Å²) in [7, 11) is -3.95. The van der Waals surface area contributed by atoms with Gasteiger partial charge < -0.3 is 4.74 Å². The van der Waals surface area contributed by atoms with Gasteiger partial charge in [-0.3, -0.25) is 0 Å². The van der Waals surface area contributed by atoms with Crippen LogP contribution < -0.4 is 14.6 Å². The third kappa shape index (κ3) is 5.64. The maximum atomic E-state index is 11.1. The second-order valence-corrected chi connectivity index (χ2v) is 5.46. The molecular weight excluding hydrogens is 290 g/mol. The summed E-state index contributed by atoms with van der Waals surface area (Å²) in [5.74, 6) is 0.459. The predicted molar refractivity (Wildman–Crippen MR) is 80.9 cm³/mol. The average molecular weight is 305 g/mol. The van der Waals surface area contributed by atoms with Crippen LogP contribution in [0.5, 0.6) is 5.75 Å². The zero-order valence-electron chi connectivity index (χ0n) is 11.1. The number of nitrogens with two attached hydrogens (primary N) is 1. The predicted octanol–water partition coefficient (Wildman–Crippen LogP) is 1.41. The summed E-state index contributed by atoms with van der Waals surface area (Å²) in [5, 5.41) is 4.96. The van der Waals surface area contributed by atoms with E-state index in [1.54, 1.807) is 24.3 Å². The van der Waals surface area contributed by atoms with E-state index in [9.17, 15) is 8.42 Å². The van der Waals surface area contributed by atoms with Gasteiger partial charge >= 0.3 is 6.02 Å². The van der Waals surface area contributed by atoms with E-state index < -0.39 is 10.2 Å². The summed E-state index contributed by atoms with van der Waals surface area (Å²) in [6.07, 6.45) is 0. The fourth-order valence-electron chi connectivity index (χ4n) is 1.55. The number of benzene rings is 2. The van der Waals surface area contributed by atoms with Crippen molar-refractivity contribution in [2.75, 3.05) is 0 Å². The Labute approximate surface area is 123 Å². The SMILES string of the molecule is NS(=O)(=O)NC(=NCc1ccccc1)Oc1ccccc1. The largest absolute Gasteiger partial charge is 0.425 e. The Kier molecular flexibility index (Phi) is 4.91. The number of aliphatic imine (C=N–C) groups is 1. The standard InChI is InChI=1S/C14H15N3O3S/c15-21(18,19)17-14(20-13-9-5-2-6-10-13)16-11-12-7-3-1-4-8-12/h1-10H,11H2,(H,16,17)(H2,15,18,19). The first-order valence-corrected chi connectivity index (χ1v) is 7.69. The molecule has 0 aliphatic carbocycles. The maximum Gasteiger partial charge on any atom is 0.305 e. The Morgan fingerprint density at radius 1 is 1.05 bits per heavy atom. The lowest BCUT2D eigenvalue weighted by Crippen LogP contribution is -2.39. The fourth-order valence-corrected chi connectivity index (χ4v) is 1.90. The molecule has 21 heavy (non-hydrogen) atoms. The first-order chi connectivity index (χ1) is 10.0. The number of rotatable bonds is 4. The molecule has 0 fully saturated rings. The lowest BCUT2D eigenvalue weighted by Gasteiger charge is -2.09. The van der Waals surface area contributed by atoms with Gasteiger partial charge in [-0.2, -0.15) is 8.42 Å². The Morgan fingerprint density at radius 2 is 1.62 bits per heavy atom. The molecule has 0 amide bonds. The van der Waals surface area contributed by atoms with E-state index in [-0.39, 0.29) is 12.6 Å². The van der Waals surface area contributed by atoms with Gasteiger partial charge in [-0.1, -0.05) is 48.5 Å². The van der Waals surface area contributed by atoms with E-state index in [1.165, 1.54) is 0 Å². The highest BCUT2D eigenvalue weighted by Crippen LogP contribution is 2.09. The first-order valence-electron chi connectivity index (χ1n) is 6.15. The van der Waals surface area contributed by atoms with Crippen molar-refractivity contribution < 1.29 is 13.2 Å². The number of hydrogen-bond donors (Lipinski definition) is 2. The van der Waals surface area contributed by atoms with E-state index in [0.717, 1.165) is 5.56 Å². The van der Waals surface area contributed by atoms with Crippen LogP contribution in [0.3, 0.4) is 0 Å². The molecule has 6 nitrogen and oxygen atoms in total. The van der Waals surface area contributed by atoms with Crippen LogP contribution >= 0.6 is 0 Å². The molecule has 0 saturated heterocycles. The van der Waals surface area contributed by atoms with Crippen molar-refractivity contribution in [3.8, 4) is 5.75 Å². The first kappa shape index (κ1) is 15.0. The van der Waals surface area contributed by atoms with Gasteiger partial charge in [0, 0.05) is 0 Å². The molecule has 0 heterocycles. The molecule has 0 atom stereocenters. The molecule has 0 aliphatic rings. The lowest BCUT2D eigenvalue weighted by atomic mass is 10.2. The normalized spacial score (nSPS) is 12.0. The molecule has 2 aromatic rings. The average Bonchev–Trinajstić information content (AvgIpc) is 2.45. The topological polar surface area (TPSA) is 93.8 Å². The molecule has 2 rings (SSSR count). The third-order valence-electron chi connectivity index (χ3n) is 2.44. The van der Waals surface area contributed by atoms with Gasteiger partial charge in [-0.25, -0.2) is 14.9 Å². The molecule has 0 spiro atoms. The zero-order chi connectivity index (χ0) is 15.1. The fraction of sp³-hybridized carbons (Fsp3) is 0.0714. The molecule has 3 N–H and O–H groups in total. The lowest BCUT2D eigenvalue weighted by molar-refractivity contribution is 0.522. The van der Waals surface area contributed by atoms with E-state index in [4.69, 9.17) is 9.88 Å². The highest BCUT2D eigenvalue weighted by molar-refractivity contribution is 7.87. The van der Waals surface area contributed by atoms with Crippen molar-refractivity contribution >= 4 is 16.2 Å². The van der Waals surface area contributed by atoms with Crippen molar-refractivity contribution in [3.05, 3.63) is 66.2 Å². The summed E-state index contributed by atoms with van der Waals surface area (Å²) in [6, 6.07) is 17.9. The highest BCUT2D eigenvalue weighted by atomic mass is 32.2. The van der Waals surface area contributed by atoms with Crippen molar-refractivity contribution in [1.82, 2.24) is 4.72 Å². The van der Waals surface area contributed by atoms with Gasteiger partial charge in [0.05, 0.1) is 6.54 Å². The molecule has 0 unspecified atom stereocenters. The molecule has 0 aliphatic heterocycles. The number of nitrogens with one attached hydrogen (secondary N) is 1. The van der Waals surface area contributed by atoms with Crippen LogP contribution in [0.15, 0.2) is 65.7 Å². The minimum atomic E-state index is -3.95. The molecule has 0 bridgehead atoms. The van der Waals surface area contributed by atoms with Gasteiger partial charge in [-0.15, -0.1) is 0 Å². The maximum absolute atomic E-state index is 11.1. The molecular formula is C14H15N3O3S. The van der Waals surface area contributed by atoms with Crippen LogP contribution in [-0.4, -0.2) is 14.4 Å². The Morgan fingerprint density at radius 3 is 2.19 bits per heavy atom. The molecule has 2 aromatic carbocycles. The van der Waals surface area contributed by atoms with Gasteiger partial charge in [0.1, 0.15) is 5.75 Å². The molecule has 7 heteroatoms. The summed E-state index contributed by atoms with van der Waals surface area (Å²) < 4.78 is 29.7. The Hall–Kier alpha value is -2.38. The van der Waals surface area contributed by atoms with E-state index in [1.807, 2.05) is 36.4 Å². The van der Waals surface area contributed by atoms with Crippen LogP contribution in [0, 0.1) is 0 Å². The number of nitrogens with zero attached hydrogens (tertiary/aromatic N) is 1. The van der Waals surface area contributed by atoms with E-state index in [2.05, 4.69) is 9.71 Å². The number of ether oxygens (including phenoxy) is 1. The summed E-state index contributed by atoms with van der Waals surface area (Å²) in [6.45, 7) is 0.269. The third-order valence-corrected chi connectivity index (χ3v) is 2.89. The Balaban J connectivity index is 2.15. The molecule has 0 saturated carbocycles. The zero-order valence-corrected chi connectivity index (χ0v) is 12.0. The van der Waals surface area contributed by atoms with Crippen LogP contribution in [0.2, 0.25) is 0 Å². The van der Waals surface area contributed by atoms with Gasteiger partial charge in [0.2, 0.25) is 0 Å². The van der Waals surface area contributed by atoms with E-state index in [0.29, 0.717) is 5.75 Å². The quantitative estimate of drug-likeness (QED) is 0.660. The number of hydrogen-bond acceptors (Lipinski definition) is 4. The minimum absolute atomic E-state index is 0.174. The van der Waals surface area contributed by atoms with Crippen LogP contribution in [-0.2, 0) is 16.8 Å². The van der Waals surface area contributed by atoms with Crippen LogP contribution in [0.25, 0.3) is 0 Å². The molecule has 0 aromatic heterocycles. The summed E-state index contributed by atoms with van der Waals surface area (Å²) >= 11 is 0. The van der Waals surface area contributed by atoms with Gasteiger partial charge in [0.15, 0.2) is 0 Å². The van der Waals surface area contributed by atoms with Gasteiger partial charge in [-0.05, 0) is 17.7 Å². The second-order valence-electron chi connectivity index (χ2n) is 4.17. The monoisotopic (exact) mass is 305 g/mol. The number of amidine groups is 1.